The second kappa shape index (κ2) is 8.03. The summed E-state index contributed by atoms with van der Waals surface area (Å²) in [7, 11) is 2.17. The van der Waals surface area contributed by atoms with E-state index in [1.807, 2.05) is 0 Å². The summed E-state index contributed by atoms with van der Waals surface area (Å²) in [6, 6.07) is 13.5. The lowest BCUT2D eigenvalue weighted by molar-refractivity contribution is -0.660. The second-order valence-electron chi connectivity index (χ2n) is 10.1. The number of aromatic nitrogens is 2. The first kappa shape index (κ1) is 20.0. The van der Waals surface area contributed by atoms with E-state index >= 15 is 0 Å². The Kier molecular flexibility index (Phi) is 5.01. The van der Waals surface area contributed by atoms with Crippen LogP contribution in [0.15, 0.2) is 47.0 Å². The van der Waals surface area contributed by atoms with Gasteiger partial charge in [-0.25, -0.2) is 9.55 Å². The zero-order chi connectivity index (χ0) is 21.7. The molecule has 2 fully saturated rings. The zero-order valence-electron chi connectivity index (χ0n) is 19.4. The minimum Gasteiger partial charge on any atom is -0.437 e. The molecule has 0 saturated heterocycles. The molecule has 3 heteroatoms. The molecule has 4 aromatic rings. The van der Waals surface area contributed by atoms with Crippen molar-refractivity contribution in [2.24, 2.45) is 7.05 Å². The van der Waals surface area contributed by atoms with Crippen molar-refractivity contribution in [3.05, 3.63) is 59.4 Å². The van der Waals surface area contributed by atoms with Gasteiger partial charge in [-0.05, 0) is 62.3 Å². The molecule has 3 heterocycles. The number of nitrogens with zero attached hydrogens (tertiary/aromatic N) is 2. The fourth-order valence-corrected chi connectivity index (χ4v) is 6.17. The summed E-state index contributed by atoms with van der Waals surface area (Å²) in [4.78, 5) is 5.02. The van der Waals surface area contributed by atoms with Crippen molar-refractivity contribution in [1.29, 1.82) is 0 Å². The molecule has 2 saturated carbocycles. The van der Waals surface area contributed by atoms with Crippen LogP contribution in [0.2, 0.25) is 0 Å². The maximum atomic E-state index is 6.51. The van der Waals surface area contributed by atoms with Gasteiger partial charge in [-0.2, -0.15) is 0 Å². The number of fused-ring (bicyclic) bond motifs is 3. The highest BCUT2D eigenvalue weighted by Crippen LogP contribution is 2.39. The zero-order valence-corrected chi connectivity index (χ0v) is 19.4. The minimum atomic E-state index is 0.587. The Morgan fingerprint density at radius 3 is 2.31 bits per heavy atom. The summed E-state index contributed by atoms with van der Waals surface area (Å²) in [5.41, 5.74) is 8.09. The van der Waals surface area contributed by atoms with Crippen molar-refractivity contribution in [3.63, 3.8) is 0 Å². The van der Waals surface area contributed by atoms with E-state index in [0.29, 0.717) is 5.92 Å². The number of furan rings is 1. The summed E-state index contributed by atoms with van der Waals surface area (Å²) in [5, 5.41) is 2.30. The first-order chi connectivity index (χ1) is 15.7. The van der Waals surface area contributed by atoms with Crippen LogP contribution in [0.5, 0.6) is 0 Å². The van der Waals surface area contributed by atoms with E-state index in [0.717, 1.165) is 22.6 Å². The first-order valence-electron chi connectivity index (χ1n) is 12.5. The average molecular weight is 426 g/mol. The maximum Gasteiger partial charge on any atom is 0.227 e. The Balaban J connectivity index is 1.47. The van der Waals surface area contributed by atoms with Crippen LogP contribution in [0.3, 0.4) is 0 Å². The van der Waals surface area contributed by atoms with Crippen molar-refractivity contribution >= 4 is 22.1 Å². The summed E-state index contributed by atoms with van der Waals surface area (Å²) >= 11 is 0. The second-order valence-corrected chi connectivity index (χ2v) is 10.1. The lowest BCUT2D eigenvalue weighted by Gasteiger charge is -2.20. The monoisotopic (exact) mass is 425 g/mol. The molecule has 6 rings (SSSR count). The molecule has 1 aromatic carbocycles. The molecule has 0 N–H and O–H groups in total. The van der Waals surface area contributed by atoms with Crippen molar-refractivity contribution in [3.8, 4) is 11.3 Å². The van der Waals surface area contributed by atoms with Gasteiger partial charge >= 0.3 is 0 Å². The molecule has 3 nitrogen and oxygen atoms in total. The number of rotatable bonds is 3. The van der Waals surface area contributed by atoms with E-state index < -0.39 is 0 Å². The fraction of sp³-hybridized carbons (Fsp3) is 0.448. The predicted octanol–water partition coefficient (Wildman–Crippen LogP) is 7.49. The van der Waals surface area contributed by atoms with Crippen LogP contribution in [-0.2, 0) is 7.05 Å². The number of benzene rings is 1. The fourth-order valence-electron chi connectivity index (χ4n) is 6.17. The van der Waals surface area contributed by atoms with E-state index in [2.05, 4.69) is 61.1 Å². The molecule has 2 aliphatic rings. The van der Waals surface area contributed by atoms with Gasteiger partial charge in [-0.1, -0.05) is 44.2 Å². The van der Waals surface area contributed by atoms with Gasteiger partial charge in [0.1, 0.15) is 7.05 Å². The van der Waals surface area contributed by atoms with Gasteiger partial charge in [-0.15, -0.1) is 0 Å². The van der Waals surface area contributed by atoms with E-state index in [9.17, 15) is 0 Å². The normalized spacial score (nSPS) is 18.2. The molecule has 0 amide bonds. The quantitative estimate of drug-likeness (QED) is 0.318. The van der Waals surface area contributed by atoms with Crippen molar-refractivity contribution in [1.82, 2.24) is 4.98 Å². The van der Waals surface area contributed by atoms with Crippen LogP contribution < -0.4 is 4.57 Å². The summed E-state index contributed by atoms with van der Waals surface area (Å²) in [6.45, 7) is 2.19. The Morgan fingerprint density at radius 2 is 1.53 bits per heavy atom. The number of pyridine rings is 2. The average Bonchev–Trinajstić information content (AvgIpc) is 3.48. The highest BCUT2D eigenvalue weighted by Gasteiger charge is 2.25. The van der Waals surface area contributed by atoms with E-state index in [1.165, 1.54) is 91.3 Å². The van der Waals surface area contributed by atoms with E-state index in [4.69, 9.17) is 9.40 Å². The summed E-state index contributed by atoms with van der Waals surface area (Å²) in [5.74, 6) is 1.31. The van der Waals surface area contributed by atoms with Crippen LogP contribution in [-0.4, -0.2) is 4.98 Å². The molecular weight excluding hydrogens is 392 g/mol. The Hall–Kier alpha value is -2.68. The molecule has 0 aliphatic heterocycles. The maximum absolute atomic E-state index is 6.51. The Bertz CT molecular complexity index is 1290. The lowest BCUT2D eigenvalue weighted by Crippen LogP contribution is -2.31. The van der Waals surface area contributed by atoms with Gasteiger partial charge < -0.3 is 4.42 Å². The largest absolute Gasteiger partial charge is 0.437 e. The first-order valence-corrected chi connectivity index (χ1v) is 12.5. The topological polar surface area (TPSA) is 29.9 Å². The van der Waals surface area contributed by atoms with Crippen molar-refractivity contribution in [2.45, 2.75) is 76.5 Å². The summed E-state index contributed by atoms with van der Waals surface area (Å²) in [6.07, 6.45) is 14.2. The minimum absolute atomic E-state index is 0.587. The van der Waals surface area contributed by atoms with E-state index in [1.54, 1.807) is 0 Å². The third-order valence-electron chi connectivity index (χ3n) is 8.00. The highest BCUT2D eigenvalue weighted by molar-refractivity contribution is 6.08. The predicted molar refractivity (Wildman–Crippen MR) is 130 cm³/mol. The Labute approximate surface area is 190 Å². The standard InChI is InChI=1S/C29H33N2O/c1-19-12-14-23-24-15-16-25(21-10-4-3-5-11-21)30-29(24)32-28(23)27(19)26-17-13-22(18-31(26)2)20-8-6-7-9-20/h12-18,20-21H,3-11H2,1-2H3/q+1. The third-order valence-corrected chi connectivity index (χ3v) is 8.00. The van der Waals surface area contributed by atoms with E-state index in [-0.39, 0.29) is 0 Å². The van der Waals surface area contributed by atoms with Gasteiger partial charge in [0, 0.05) is 34.0 Å². The van der Waals surface area contributed by atoms with Crippen LogP contribution in [0.4, 0.5) is 0 Å². The Morgan fingerprint density at radius 1 is 0.812 bits per heavy atom. The van der Waals surface area contributed by atoms with Gasteiger partial charge in [-0.3, -0.25) is 0 Å². The molecule has 164 valence electrons. The highest BCUT2D eigenvalue weighted by atomic mass is 16.3. The number of aryl methyl sites for hydroxylation is 2. The lowest BCUT2D eigenvalue weighted by atomic mass is 9.86. The van der Waals surface area contributed by atoms with Crippen LogP contribution in [0.1, 0.15) is 86.4 Å². The smallest absolute Gasteiger partial charge is 0.227 e. The third kappa shape index (κ3) is 3.34. The SMILES string of the molecule is Cc1ccc2c(oc3nc(C4CCCCC4)ccc32)c1-c1ccc(C2CCCC2)c[n+]1C. The molecule has 0 atom stereocenters. The molecule has 0 radical (unpaired) electrons. The number of hydrogen-bond acceptors (Lipinski definition) is 2. The molecule has 0 bridgehead atoms. The van der Waals surface area contributed by atoms with Crippen LogP contribution >= 0.6 is 0 Å². The molecular formula is C29H33N2O+. The van der Waals surface area contributed by atoms with Gasteiger partial charge in [0.25, 0.3) is 0 Å². The molecule has 32 heavy (non-hydrogen) atoms. The van der Waals surface area contributed by atoms with Crippen molar-refractivity contribution < 1.29 is 8.98 Å². The summed E-state index contributed by atoms with van der Waals surface area (Å²) < 4.78 is 8.81. The molecule has 2 aliphatic carbocycles. The molecule has 0 unspecified atom stereocenters. The molecule has 0 spiro atoms. The van der Waals surface area contributed by atoms with Gasteiger partial charge in [0.15, 0.2) is 11.8 Å². The van der Waals surface area contributed by atoms with Crippen LogP contribution in [0, 0.1) is 6.92 Å². The van der Waals surface area contributed by atoms with Crippen molar-refractivity contribution in [2.75, 3.05) is 0 Å². The number of hydrogen-bond donors (Lipinski definition) is 0. The van der Waals surface area contributed by atoms with Gasteiger partial charge in [0.2, 0.25) is 11.4 Å². The van der Waals surface area contributed by atoms with Crippen LogP contribution in [0.25, 0.3) is 33.3 Å². The van der Waals surface area contributed by atoms with Gasteiger partial charge in [0.05, 0.1) is 5.56 Å². The molecule has 3 aromatic heterocycles.